The Bertz CT molecular complexity index is 557. The molecule has 1 atom stereocenters. The van der Waals surface area contributed by atoms with Gasteiger partial charge in [-0.15, -0.1) is 0 Å². The molecule has 0 saturated carbocycles. The fourth-order valence-electron chi connectivity index (χ4n) is 2.19. The van der Waals surface area contributed by atoms with E-state index in [0.29, 0.717) is 5.82 Å². The number of nitrogens with two attached hydrogens (primary N) is 1. The van der Waals surface area contributed by atoms with E-state index in [1.54, 1.807) is 6.20 Å². The molecule has 0 aliphatic rings. The topological polar surface area (TPSA) is 50.9 Å². The highest BCUT2D eigenvalue weighted by molar-refractivity contribution is 9.10. The van der Waals surface area contributed by atoms with Crippen LogP contribution in [0.4, 0.5) is 5.82 Å². The summed E-state index contributed by atoms with van der Waals surface area (Å²) in [5.41, 5.74) is 8.30. The standard InChI is InChI=1S/C16H20BrN3/c1-2-8-19-15(12-5-3-7-14(17)10-12)11-13-6-4-9-20-16(13)18/h3-7,9-10,15,19H,2,8,11H2,1H3,(H2,18,20). The summed E-state index contributed by atoms with van der Waals surface area (Å²) in [4.78, 5) is 4.16. The van der Waals surface area contributed by atoms with Gasteiger partial charge in [0.2, 0.25) is 0 Å². The minimum atomic E-state index is 0.249. The second-order valence-electron chi connectivity index (χ2n) is 4.81. The fourth-order valence-corrected chi connectivity index (χ4v) is 2.61. The molecule has 1 unspecified atom stereocenters. The third-order valence-electron chi connectivity index (χ3n) is 3.24. The molecule has 0 radical (unpaired) electrons. The largest absolute Gasteiger partial charge is 0.383 e. The Balaban J connectivity index is 2.21. The number of hydrogen-bond donors (Lipinski definition) is 2. The maximum atomic E-state index is 5.96. The quantitative estimate of drug-likeness (QED) is 0.847. The van der Waals surface area contributed by atoms with Crippen molar-refractivity contribution in [2.45, 2.75) is 25.8 Å². The minimum Gasteiger partial charge on any atom is -0.383 e. The number of nitrogens with one attached hydrogen (secondary N) is 1. The van der Waals surface area contributed by atoms with E-state index >= 15 is 0 Å². The number of benzene rings is 1. The van der Waals surface area contributed by atoms with Gasteiger partial charge >= 0.3 is 0 Å². The predicted octanol–water partition coefficient (Wildman–Crippen LogP) is 3.71. The molecule has 106 valence electrons. The highest BCUT2D eigenvalue weighted by atomic mass is 79.9. The Morgan fingerprint density at radius 3 is 2.85 bits per heavy atom. The lowest BCUT2D eigenvalue weighted by molar-refractivity contribution is 0.529. The zero-order chi connectivity index (χ0) is 14.4. The molecule has 0 spiro atoms. The van der Waals surface area contributed by atoms with E-state index < -0.39 is 0 Å². The van der Waals surface area contributed by atoms with Crippen LogP contribution in [0, 0.1) is 0 Å². The van der Waals surface area contributed by atoms with Crippen molar-refractivity contribution >= 4 is 21.7 Å². The zero-order valence-electron chi connectivity index (χ0n) is 11.6. The molecule has 0 fully saturated rings. The Kier molecular flexibility index (Phi) is 5.56. The molecule has 0 aliphatic carbocycles. The number of nitrogen functional groups attached to an aromatic ring is 1. The number of halogens is 1. The lowest BCUT2D eigenvalue weighted by Crippen LogP contribution is -2.24. The molecule has 20 heavy (non-hydrogen) atoms. The van der Waals surface area contributed by atoms with Crippen LogP contribution < -0.4 is 11.1 Å². The maximum Gasteiger partial charge on any atom is 0.126 e. The van der Waals surface area contributed by atoms with Gasteiger partial charge < -0.3 is 11.1 Å². The van der Waals surface area contributed by atoms with Crippen LogP contribution in [0.1, 0.15) is 30.5 Å². The summed E-state index contributed by atoms with van der Waals surface area (Å²) in [5.74, 6) is 0.616. The number of hydrogen-bond acceptors (Lipinski definition) is 3. The van der Waals surface area contributed by atoms with Crippen molar-refractivity contribution in [3.63, 3.8) is 0 Å². The van der Waals surface area contributed by atoms with Gasteiger partial charge in [-0.3, -0.25) is 0 Å². The van der Waals surface area contributed by atoms with Gasteiger partial charge in [0.25, 0.3) is 0 Å². The average molecular weight is 334 g/mol. The number of nitrogens with zero attached hydrogens (tertiary/aromatic N) is 1. The third kappa shape index (κ3) is 4.05. The van der Waals surface area contributed by atoms with Crippen molar-refractivity contribution in [2.24, 2.45) is 0 Å². The van der Waals surface area contributed by atoms with Gasteiger partial charge in [0, 0.05) is 16.7 Å². The first-order valence-electron chi connectivity index (χ1n) is 6.89. The molecule has 4 heteroatoms. The van der Waals surface area contributed by atoms with E-state index in [-0.39, 0.29) is 6.04 Å². The van der Waals surface area contributed by atoms with Crippen molar-refractivity contribution < 1.29 is 0 Å². The summed E-state index contributed by atoms with van der Waals surface area (Å²) < 4.78 is 1.09. The van der Waals surface area contributed by atoms with Crippen molar-refractivity contribution in [3.05, 3.63) is 58.2 Å². The fraction of sp³-hybridized carbons (Fsp3) is 0.312. The second kappa shape index (κ2) is 7.41. The Hall–Kier alpha value is -1.39. The molecule has 0 saturated heterocycles. The van der Waals surface area contributed by atoms with E-state index in [4.69, 9.17) is 5.73 Å². The van der Waals surface area contributed by atoms with Gasteiger partial charge in [-0.25, -0.2) is 4.98 Å². The Morgan fingerprint density at radius 1 is 1.30 bits per heavy atom. The van der Waals surface area contributed by atoms with Gasteiger partial charge in [0.1, 0.15) is 5.82 Å². The summed E-state index contributed by atoms with van der Waals surface area (Å²) in [6.07, 6.45) is 3.68. The third-order valence-corrected chi connectivity index (χ3v) is 3.74. The summed E-state index contributed by atoms with van der Waals surface area (Å²) in [5, 5.41) is 3.58. The van der Waals surface area contributed by atoms with Gasteiger partial charge in [0.05, 0.1) is 0 Å². The normalized spacial score (nSPS) is 12.3. The van der Waals surface area contributed by atoms with Gasteiger partial charge in [-0.2, -0.15) is 0 Å². The lowest BCUT2D eigenvalue weighted by atomic mass is 9.99. The van der Waals surface area contributed by atoms with Crippen LogP contribution >= 0.6 is 15.9 Å². The Labute approximate surface area is 128 Å². The molecule has 3 nitrogen and oxygen atoms in total. The average Bonchev–Trinajstić information content (AvgIpc) is 2.45. The highest BCUT2D eigenvalue weighted by Crippen LogP contribution is 2.23. The van der Waals surface area contributed by atoms with Crippen LogP contribution in [0.2, 0.25) is 0 Å². The number of rotatable bonds is 6. The molecule has 1 heterocycles. The van der Waals surface area contributed by atoms with Crippen LogP contribution in [0.3, 0.4) is 0 Å². The van der Waals surface area contributed by atoms with Crippen LogP contribution in [0.15, 0.2) is 47.1 Å². The summed E-state index contributed by atoms with van der Waals surface area (Å²) in [6.45, 7) is 3.15. The van der Waals surface area contributed by atoms with Crippen LogP contribution in [-0.2, 0) is 6.42 Å². The second-order valence-corrected chi connectivity index (χ2v) is 5.73. The van der Waals surface area contributed by atoms with Crippen LogP contribution in [0.25, 0.3) is 0 Å². The summed E-state index contributed by atoms with van der Waals surface area (Å²) >= 11 is 3.53. The Morgan fingerprint density at radius 2 is 2.15 bits per heavy atom. The van der Waals surface area contributed by atoms with Crippen molar-refractivity contribution in [2.75, 3.05) is 12.3 Å². The van der Waals surface area contributed by atoms with Crippen molar-refractivity contribution in [1.82, 2.24) is 10.3 Å². The van der Waals surface area contributed by atoms with E-state index in [1.807, 2.05) is 18.2 Å². The van der Waals surface area contributed by atoms with E-state index in [9.17, 15) is 0 Å². The first kappa shape index (κ1) is 15.0. The van der Waals surface area contributed by atoms with E-state index in [0.717, 1.165) is 29.4 Å². The molecule has 1 aromatic heterocycles. The van der Waals surface area contributed by atoms with Crippen molar-refractivity contribution in [1.29, 1.82) is 0 Å². The number of pyridine rings is 1. The molecule has 2 rings (SSSR count). The molecule has 3 N–H and O–H groups in total. The summed E-state index contributed by atoms with van der Waals surface area (Å²) in [6, 6.07) is 12.6. The van der Waals surface area contributed by atoms with Crippen LogP contribution in [-0.4, -0.2) is 11.5 Å². The minimum absolute atomic E-state index is 0.249. The molecular formula is C16H20BrN3. The highest BCUT2D eigenvalue weighted by Gasteiger charge is 2.13. The van der Waals surface area contributed by atoms with Crippen LogP contribution in [0.5, 0.6) is 0 Å². The first-order valence-corrected chi connectivity index (χ1v) is 7.68. The van der Waals surface area contributed by atoms with Gasteiger partial charge in [0.15, 0.2) is 0 Å². The van der Waals surface area contributed by atoms with E-state index in [2.05, 4.69) is 51.4 Å². The summed E-state index contributed by atoms with van der Waals surface area (Å²) in [7, 11) is 0. The monoisotopic (exact) mass is 333 g/mol. The number of anilines is 1. The van der Waals surface area contributed by atoms with Gasteiger partial charge in [-0.1, -0.05) is 41.1 Å². The lowest BCUT2D eigenvalue weighted by Gasteiger charge is -2.20. The smallest absolute Gasteiger partial charge is 0.126 e. The molecule has 2 aromatic rings. The molecule has 0 aliphatic heterocycles. The SMILES string of the molecule is CCCNC(Cc1cccnc1N)c1cccc(Br)c1. The maximum absolute atomic E-state index is 5.96. The van der Waals surface area contributed by atoms with E-state index in [1.165, 1.54) is 5.56 Å². The molecule has 0 bridgehead atoms. The first-order chi connectivity index (χ1) is 9.70. The zero-order valence-corrected chi connectivity index (χ0v) is 13.2. The van der Waals surface area contributed by atoms with Gasteiger partial charge in [-0.05, 0) is 48.7 Å². The molecular weight excluding hydrogens is 314 g/mol. The van der Waals surface area contributed by atoms with Crippen molar-refractivity contribution in [3.8, 4) is 0 Å². The molecule has 0 amide bonds. The number of aromatic nitrogens is 1. The predicted molar refractivity (Wildman–Crippen MR) is 87.5 cm³/mol. The molecule has 1 aromatic carbocycles.